The van der Waals surface area contributed by atoms with Crippen molar-refractivity contribution in [1.29, 1.82) is 0 Å². The molecule has 0 aromatic heterocycles. The first-order valence-corrected chi connectivity index (χ1v) is 6.74. The minimum atomic E-state index is -0.605. The van der Waals surface area contributed by atoms with Gasteiger partial charge in [0.2, 0.25) is 0 Å². The van der Waals surface area contributed by atoms with E-state index >= 15 is 0 Å². The zero-order valence-electron chi connectivity index (χ0n) is 10.3. The lowest BCUT2D eigenvalue weighted by Gasteiger charge is -2.10. The first-order valence-electron chi connectivity index (χ1n) is 5.61. The van der Waals surface area contributed by atoms with Gasteiger partial charge < -0.3 is 5.32 Å². The third kappa shape index (κ3) is 3.06. The summed E-state index contributed by atoms with van der Waals surface area (Å²) in [4.78, 5) is 12.0. The van der Waals surface area contributed by atoms with E-state index in [0.717, 1.165) is 0 Å². The second-order valence-electron chi connectivity index (χ2n) is 4.14. The van der Waals surface area contributed by atoms with Gasteiger partial charge in [-0.05, 0) is 30.7 Å². The molecule has 1 amide bonds. The number of nitrogens with one attached hydrogen (secondary N) is 1. The Morgan fingerprint density at radius 1 is 1.10 bits per heavy atom. The van der Waals surface area contributed by atoms with Crippen LogP contribution >= 0.6 is 34.8 Å². The van der Waals surface area contributed by atoms with Crippen LogP contribution in [0.2, 0.25) is 15.1 Å². The van der Waals surface area contributed by atoms with E-state index in [4.69, 9.17) is 34.8 Å². The minimum absolute atomic E-state index is 0.0628. The van der Waals surface area contributed by atoms with Crippen molar-refractivity contribution in [2.24, 2.45) is 0 Å². The summed E-state index contributed by atoms with van der Waals surface area (Å²) < 4.78 is 13.9. The molecule has 2 rings (SSSR count). The quantitative estimate of drug-likeness (QED) is 0.738. The standard InChI is InChI=1S/C14H9Cl3FNO/c1-7-3-2-4-8(13(7)18)14(20)19-12-6-10(16)9(15)5-11(12)17/h2-6H,1H3,(H,19,20). The smallest absolute Gasteiger partial charge is 0.258 e. The Morgan fingerprint density at radius 2 is 1.75 bits per heavy atom. The summed E-state index contributed by atoms with van der Waals surface area (Å²) in [6.45, 7) is 1.58. The monoisotopic (exact) mass is 331 g/mol. The Kier molecular flexibility index (Phi) is 4.53. The fourth-order valence-corrected chi connectivity index (χ4v) is 2.22. The average molecular weight is 333 g/mol. The van der Waals surface area contributed by atoms with Gasteiger partial charge in [-0.15, -0.1) is 0 Å². The third-order valence-electron chi connectivity index (χ3n) is 2.69. The molecule has 0 unspecified atom stereocenters. The fraction of sp³-hybridized carbons (Fsp3) is 0.0714. The molecule has 0 saturated carbocycles. The normalized spacial score (nSPS) is 10.4. The summed E-state index contributed by atoms with van der Waals surface area (Å²) in [6.07, 6.45) is 0. The van der Waals surface area contributed by atoms with Crippen molar-refractivity contribution in [1.82, 2.24) is 0 Å². The molecule has 0 radical (unpaired) electrons. The van der Waals surface area contributed by atoms with Gasteiger partial charge in [0.15, 0.2) is 0 Å². The molecule has 104 valence electrons. The highest BCUT2D eigenvalue weighted by molar-refractivity contribution is 6.44. The predicted molar refractivity (Wildman–Crippen MR) is 80.6 cm³/mol. The van der Waals surface area contributed by atoms with Crippen LogP contribution in [0.5, 0.6) is 0 Å². The fourth-order valence-electron chi connectivity index (χ4n) is 1.63. The topological polar surface area (TPSA) is 29.1 Å². The molecule has 20 heavy (non-hydrogen) atoms. The van der Waals surface area contributed by atoms with Crippen molar-refractivity contribution < 1.29 is 9.18 Å². The van der Waals surface area contributed by atoms with Crippen LogP contribution in [0.1, 0.15) is 15.9 Å². The molecular weight excluding hydrogens is 324 g/mol. The molecule has 0 bridgehead atoms. The van der Waals surface area contributed by atoms with Gasteiger partial charge in [-0.1, -0.05) is 46.9 Å². The van der Waals surface area contributed by atoms with Crippen molar-refractivity contribution >= 4 is 46.4 Å². The van der Waals surface area contributed by atoms with Gasteiger partial charge in [0, 0.05) is 0 Å². The number of carbonyl (C=O) groups is 1. The van der Waals surface area contributed by atoms with E-state index in [0.29, 0.717) is 5.56 Å². The zero-order valence-corrected chi connectivity index (χ0v) is 12.6. The second-order valence-corrected chi connectivity index (χ2v) is 5.36. The van der Waals surface area contributed by atoms with Crippen LogP contribution in [0.4, 0.5) is 10.1 Å². The van der Waals surface area contributed by atoms with E-state index in [9.17, 15) is 9.18 Å². The summed E-state index contributed by atoms with van der Waals surface area (Å²) in [5.41, 5.74) is 0.594. The van der Waals surface area contributed by atoms with E-state index < -0.39 is 11.7 Å². The Balaban J connectivity index is 2.33. The van der Waals surface area contributed by atoms with Gasteiger partial charge in [-0.25, -0.2) is 4.39 Å². The summed E-state index contributed by atoms with van der Waals surface area (Å²) >= 11 is 17.6. The van der Waals surface area contributed by atoms with Crippen LogP contribution in [-0.4, -0.2) is 5.91 Å². The highest BCUT2D eigenvalue weighted by atomic mass is 35.5. The van der Waals surface area contributed by atoms with Gasteiger partial charge in [0.1, 0.15) is 5.82 Å². The van der Waals surface area contributed by atoms with Gasteiger partial charge >= 0.3 is 0 Å². The summed E-state index contributed by atoms with van der Waals surface area (Å²) in [6, 6.07) is 7.40. The minimum Gasteiger partial charge on any atom is -0.320 e. The first kappa shape index (κ1) is 15.1. The van der Waals surface area contributed by atoms with Crippen LogP contribution in [0, 0.1) is 12.7 Å². The molecular formula is C14H9Cl3FNO. The van der Waals surface area contributed by atoms with Gasteiger partial charge in [0.05, 0.1) is 26.3 Å². The molecule has 0 atom stereocenters. The highest BCUT2D eigenvalue weighted by Gasteiger charge is 2.15. The maximum absolute atomic E-state index is 13.9. The van der Waals surface area contributed by atoms with Gasteiger partial charge in [-0.2, -0.15) is 0 Å². The molecule has 6 heteroatoms. The summed E-state index contributed by atoms with van der Waals surface area (Å²) in [7, 11) is 0. The van der Waals surface area contributed by atoms with Crippen molar-refractivity contribution in [2.45, 2.75) is 6.92 Å². The molecule has 0 heterocycles. The summed E-state index contributed by atoms with van der Waals surface area (Å²) in [5.74, 6) is -1.17. The molecule has 0 aliphatic carbocycles. The van der Waals surface area contributed by atoms with E-state index in [2.05, 4.69) is 5.32 Å². The first-order chi connectivity index (χ1) is 9.40. The van der Waals surface area contributed by atoms with E-state index in [1.54, 1.807) is 19.1 Å². The number of benzene rings is 2. The Bertz CT molecular complexity index is 688. The van der Waals surface area contributed by atoms with Crippen LogP contribution in [0.3, 0.4) is 0 Å². The number of hydrogen-bond donors (Lipinski definition) is 1. The lowest BCUT2D eigenvalue weighted by atomic mass is 10.1. The highest BCUT2D eigenvalue weighted by Crippen LogP contribution is 2.32. The van der Waals surface area contributed by atoms with E-state index in [1.165, 1.54) is 18.2 Å². The Morgan fingerprint density at radius 3 is 2.45 bits per heavy atom. The largest absolute Gasteiger partial charge is 0.320 e. The maximum Gasteiger partial charge on any atom is 0.258 e. The van der Waals surface area contributed by atoms with E-state index in [1.807, 2.05) is 0 Å². The third-order valence-corrected chi connectivity index (χ3v) is 3.73. The number of hydrogen-bond acceptors (Lipinski definition) is 1. The molecule has 2 aromatic rings. The lowest BCUT2D eigenvalue weighted by Crippen LogP contribution is -2.14. The molecule has 2 aromatic carbocycles. The number of carbonyl (C=O) groups excluding carboxylic acids is 1. The SMILES string of the molecule is Cc1cccc(C(=O)Nc2cc(Cl)c(Cl)cc2Cl)c1F. The molecule has 0 fully saturated rings. The van der Waals surface area contributed by atoms with Crippen LogP contribution in [0.15, 0.2) is 30.3 Å². The molecule has 0 spiro atoms. The number of halogens is 4. The lowest BCUT2D eigenvalue weighted by molar-refractivity contribution is 0.102. The Labute approximate surface area is 130 Å². The predicted octanol–water partition coefficient (Wildman–Crippen LogP) is 5.35. The molecule has 0 aliphatic rings. The summed E-state index contributed by atoms with van der Waals surface area (Å²) in [5, 5.41) is 3.25. The maximum atomic E-state index is 13.9. The number of anilines is 1. The van der Waals surface area contributed by atoms with Crippen LogP contribution < -0.4 is 5.32 Å². The van der Waals surface area contributed by atoms with Gasteiger partial charge in [-0.3, -0.25) is 4.79 Å². The zero-order chi connectivity index (χ0) is 14.9. The molecule has 0 aliphatic heterocycles. The van der Waals surface area contributed by atoms with Crippen molar-refractivity contribution in [3.63, 3.8) is 0 Å². The molecule has 1 N–H and O–H groups in total. The van der Waals surface area contributed by atoms with Crippen LogP contribution in [-0.2, 0) is 0 Å². The van der Waals surface area contributed by atoms with Crippen LogP contribution in [0.25, 0.3) is 0 Å². The number of aryl methyl sites for hydroxylation is 1. The number of amides is 1. The molecule has 2 nitrogen and oxygen atoms in total. The molecule has 0 saturated heterocycles. The second kappa shape index (κ2) is 6.00. The van der Waals surface area contributed by atoms with Crippen molar-refractivity contribution in [3.8, 4) is 0 Å². The van der Waals surface area contributed by atoms with Crippen molar-refractivity contribution in [3.05, 3.63) is 62.3 Å². The average Bonchev–Trinajstić information content (AvgIpc) is 2.39. The Hall–Kier alpha value is -1.29. The van der Waals surface area contributed by atoms with Crippen molar-refractivity contribution in [2.75, 3.05) is 5.32 Å². The number of rotatable bonds is 2. The van der Waals surface area contributed by atoms with Gasteiger partial charge in [0.25, 0.3) is 5.91 Å². The van der Waals surface area contributed by atoms with E-state index in [-0.39, 0.29) is 26.3 Å².